The van der Waals surface area contributed by atoms with Crippen LogP contribution in [0.3, 0.4) is 0 Å². The zero-order valence-corrected chi connectivity index (χ0v) is 12.4. The van der Waals surface area contributed by atoms with Gasteiger partial charge in [0, 0.05) is 6.04 Å². The zero-order valence-electron chi connectivity index (χ0n) is 12.4. The maximum atomic E-state index is 13.3. The van der Waals surface area contributed by atoms with Crippen LogP contribution in [-0.4, -0.2) is 29.6 Å². The molecule has 1 aromatic carbocycles. The minimum Gasteiger partial charge on any atom is -0.481 e. The predicted octanol–water partition coefficient (Wildman–Crippen LogP) is 2.21. The molecule has 0 saturated carbocycles. The van der Waals surface area contributed by atoms with E-state index in [4.69, 9.17) is 9.84 Å². The van der Waals surface area contributed by atoms with Crippen LogP contribution in [0.15, 0.2) is 24.3 Å². The van der Waals surface area contributed by atoms with E-state index >= 15 is 0 Å². The molecule has 0 aliphatic rings. The number of carbonyl (C=O) groups is 2. The van der Waals surface area contributed by atoms with Crippen LogP contribution < -0.4 is 10.1 Å². The first-order chi connectivity index (χ1) is 9.70. The fourth-order valence-corrected chi connectivity index (χ4v) is 1.69. The molecule has 1 amide bonds. The smallest absolute Gasteiger partial charge is 0.305 e. The van der Waals surface area contributed by atoms with E-state index in [0.29, 0.717) is 0 Å². The van der Waals surface area contributed by atoms with Gasteiger partial charge in [-0.3, -0.25) is 9.59 Å². The first kappa shape index (κ1) is 16.9. The number of carboxylic acids is 1. The number of para-hydroxylation sites is 1. The first-order valence-corrected chi connectivity index (χ1v) is 6.58. The summed E-state index contributed by atoms with van der Waals surface area (Å²) in [5.74, 6) is -2.05. The summed E-state index contributed by atoms with van der Waals surface area (Å²) in [4.78, 5) is 22.6. The van der Waals surface area contributed by atoms with E-state index in [9.17, 15) is 14.0 Å². The molecule has 6 heteroatoms. The van der Waals surface area contributed by atoms with Gasteiger partial charge >= 0.3 is 5.97 Å². The maximum absolute atomic E-state index is 13.3. The number of rotatable bonds is 6. The Hall–Kier alpha value is -2.11. The fraction of sp³-hybridized carbons (Fsp3) is 0.467. The van der Waals surface area contributed by atoms with Gasteiger partial charge in [-0.15, -0.1) is 0 Å². The van der Waals surface area contributed by atoms with Crippen LogP contribution in [0.1, 0.15) is 27.2 Å². The lowest BCUT2D eigenvalue weighted by molar-refractivity contribution is -0.138. The Kier molecular flexibility index (Phi) is 5.69. The summed E-state index contributed by atoms with van der Waals surface area (Å²) >= 11 is 0. The van der Waals surface area contributed by atoms with Crippen molar-refractivity contribution in [2.75, 3.05) is 6.61 Å². The molecule has 0 aliphatic carbocycles. The molecule has 0 aliphatic heterocycles. The summed E-state index contributed by atoms with van der Waals surface area (Å²) in [6.45, 7) is 5.13. The van der Waals surface area contributed by atoms with Crippen LogP contribution in [-0.2, 0) is 9.59 Å². The molecule has 1 rings (SSSR count). The number of aliphatic carboxylic acids is 1. The summed E-state index contributed by atoms with van der Waals surface area (Å²) in [5, 5.41) is 11.5. The molecule has 0 saturated heterocycles. The summed E-state index contributed by atoms with van der Waals surface area (Å²) < 4.78 is 18.4. The van der Waals surface area contributed by atoms with Gasteiger partial charge in [0.15, 0.2) is 18.2 Å². The second kappa shape index (κ2) is 7.06. The van der Waals surface area contributed by atoms with Gasteiger partial charge in [-0.05, 0) is 17.5 Å². The van der Waals surface area contributed by atoms with Gasteiger partial charge in [-0.25, -0.2) is 4.39 Å². The van der Waals surface area contributed by atoms with Crippen molar-refractivity contribution in [1.29, 1.82) is 0 Å². The normalized spacial score (nSPS) is 12.6. The minimum atomic E-state index is -0.995. The number of carboxylic acid groups (broad SMARTS) is 1. The molecule has 0 fully saturated rings. The lowest BCUT2D eigenvalue weighted by Crippen LogP contribution is -2.46. The third-order valence-corrected chi connectivity index (χ3v) is 2.95. The average molecular weight is 297 g/mol. The van der Waals surface area contributed by atoms with Crippen molar-refractivity contribution in [1.82, 2.24) is 5.32 Å². The van der Waals surface area contributed by atoms with Gasteiger partial charge < -0.3 is 15.2 Å². The molecule has 0 aromatic heterocycles. The molecule has 0 radical (unpaired) electrons. The lowest BCUT2D eigenvalue weighted by Gasteiger charge is -2.30. The van der Waals surface area contributed by atoms with Crippen LogP contribution in [0.5, 0.6) is 5.75 Å². The van der Waals surface area contributed by atoms with Crippen molar-refractivity contribution >= 4 is 11.9 Å². The topological polar surface area (TPSA) is 75.6 Å². The Labute approximate surface area is 123 Å². The number of carbonyl (C=O) groups excluding carboxylic acids is 1. The molecule has 5 nitrogen and oxygen atoms in total. The molecule has 1 atom stereocenters. The summed E-state index contributed by atoms with van der Waals surface area (Å²) in [7, 11) is 0. The Balaban J connectivity index is 2.58. The van der Waals surface area contributed by atoms with Crippen molar-refractivity contribution in [3.05, 3.63) is 30.1 Å². The number of amides is 1. The summed E-state index contributed by atoms with van der Waals surface area (Å²) in [6.07, 6.45) is -0.186. The lowest BCUT2D eigenvalue weighted by atomic mass is 9.85. The highest BCUT2D eigenvalue weighted by molar-refractivity contribution is 5.79. The molecule has 0 bridgehead atoms. The number of hydrogen-bond donors (Lipinski definition) is 2. The molecule has 2 N–H and O–H groups in total. The van der Waals surface area contributed by atoms with Crippen molar-refractivity contribution in [2.24, 2.45) is 5.41 Å². The SMILES string of the molecule is CC(C)(C)C(CC(=O)O)NC(=O)COc1ccccc1F. The van der Waals surface area contributed by atoms with E-state index in [0.717, 1.165) is 0 Å². The Bertz CT molecular complexity index is 511. The Morgan fingerprint density at radius 3 is 2.48 bits per heavy atom. The first-order valence-electron chi connectivity index (χ1n) is 6.58. The van der Waals surface area contributed by atoms with Crippen LogP contribution >= 0.6 is 0 Å². The number of benzene rings is 1. The molecular weight excluding hydrogens is 277 g/mol. The highest BCUT2D eigenvalue weighted by Gasteiger charge is 2.28. The molecule has 21 heavy (non-hydrogen) atoms. The Morgan fingerprint density at radius 2 is 1.95 bits per heavy atom. The van der Waals surface area contributed by atoms with Crippen LogP contribution in [0.2, 0.25) is 0 Å². The largest absolute Gasteiger partial charge is 0.481 e. The van der Waals surface area contributed by atoms with Gasteiger partial charge in [0.05, 0.1) is 6.42 Å². The van der Waals surface area contributed by atoms with E-state index in [1.165, 1.54) is 18.2 Å². The predicted molar refractivity (Wildman–Crippen MR) is 75.5 cm³/mol. The monoisotopic (exact) mass is 297 g/mol. The van der Waals surface area contributed by atoms with E-state index in [1.54, 1.807) is 6.07 Å². The van der Waals surface area contributed by atoms with Crippen molar-refractivity contribution < 1.29 is 23.8 Å². The van der Waals surface area contributed by atoms with Crippen molar-refractivity contribution in [2.45, 2.75) is 33.2 Å². The van der Waals surface area contributed by atoms with Gasteiger partial charge in [-0.2, -0.15) is 0 Å². The molecule has 0 spiro atoms. The number of nitrogens with one attached hydrogen (secondary N) is 1. The molecule has 1 unspecified atom stereocenters. The molecular formula is C15H20FNO4. The van der Waals surface area contributed by atoms with Gasteiger partial charge in [0.25, 0.3) is 5.91 Å². The number of halogens is 1. The van der Waals surface area contributed by atoms with Crippen molar-refractivity contribution in [3.63, 3.8) is 0 Å². The van der Waals surface area contributed by atoms with E-state index in [2.05, 4.69) is 5.32 Å². The highest BCUT2D eigenvalue weighted by atomic mass is 19.1. The molecule has 0 heterocycles. The molecule has 1 aromatic rings. The second-order valence-electron chi connectivity index (χ2n) is 5.80. The zero-order chi connectivity index (χ0) is 16.0. The maximum Gasteiger partial charge on any atom is 0.305 e. The average Bonchev–Trinajstić information content (AvgIpc) is 2.35. The van der Waals surface area contributed by atoms with E-state index < -0.39 is 29.2 Å². The fourth-order valence-electron chi connectivity index (χ4n) is 1.69. The Morgan fingerprint density at radius 1 is 1.33 bits per heavy atom. The standard InChI is InChI=1S/C15H20FNO4/c1-15(2,3)12(8-14(19)20)17-13(18)9-21-11-7-5-4-6-10(11)16/h4-7,12H,8-9H2,1-3H3,(H,17,18)(H,19,20). The van der Waals surface area contributed by atoms with Gasteiger partial charge in [-0.1, -0.05) is 32.9 Å². The van der Waals surface area contributed by atoms with Crippen LogP contribution in [0.25, 0.3) is 0 Å². The number of ether oxygens (including phenoxy) is 1. The molecule has 116 valence electrons. The summed E-state index contributed by atoms with van der Waals surface area (Å²) in [5.41, 5.74) is -0.411. The van der Waals surface area contributed by atoms with Gasteiger partial charge in [0.1, 0.15) is 0 Å². The van der Waals surface area contributed by atoms with E-state index in [-0.39, 0.29) is 18.8 Å². The second-order valence-corrected chi connectivity index (χ2v) is 5.80. The van der Waals surface area contributed by atoms with Gasteiger partial charge in [0.2, 0.25) is 0 Å². The third-order valence-electron chi connectivity index (χ3n) is 2.95. The minimum absolute atomic E-state index is 0.0156. The third kappa shape index (κ3) is 5.81. The quantitative estimate of drug-likeness (QED) is 0.844. The van der Waals surface area contributed by atoms with Crippen LogP contribution in [0.4, 0.5) is 4.39 Å². The number of hydrogen-bond acceptors (Lipinski definition) is 3. The summed E-state index contributed by atoms with van der Waals surface area (Å²) in [6, 6.07) is 5.23. The highest BCUT2D eigenvalue weighted by Crippen LogP contribution is 2.22. The van der Waals surface area contributed by atoms with Crippen LogP contribution in [0, 0.1) is 11.2 Å². The van der Waals surface area contributed by atoms with E-state index in [1.807, 2.05) is 20.8 Å². The van der Waals surface area contributed by atoms with Crippen molar-refractivity contribution in [3.8, 4) is 5.75 Å².